The molecular formula is C23H24N4O. The van der Waals surface area contributed by atoms with Crippen LogP contribution in [0.15, 0.2) is 66.7 Å². The van der Waals surface area contributed by atoms with Crippen molar-refractivity contribution in [2.75, 3.05) is 11.9 Å². The average Bonchev–Trinajstić information content (AvgIpc) is 3.56. The maximum atomic E-state index is 12.7. The summed E-state index contributed by atoms with van der Waals surface area (Å²) in [5.74, 6) is 1.12. The Bertz CT molecular complexity index is 924. The molecule has 1 heterocycles. The van der Waals surface area contributed by atoms with Gasteiger partial charge in [-0.15, -0.1) is 0 Å². The van der Waals surface area contributed by atoms with Gasteiger partial charge in [0.2, 0.25) is 0 Å². The number of hydrogen-bond acceptors (Lipinski definition) is 4. The smallest absolute Gasteiger partial charge is 0.270 e. The Morgan fingerprint density at radius 3 is 2.39 bits per heavy atom. The molecule has 1 fully saturated rings. The second-order valence-corrected chi connectivity index (χ2v) is 7.09. The number of benzene rings is 2. The van der Waals surface area contributed by atoms with Gasteiger partial charge in [0.25, 0.3) is 5.91 Å². The van der Waals surface area contributed by atoms with Crippen molar-refractivity contribution in [2.45, 2.75) is 31.7 Å². The number of carbonyl (C=O) groups is 1. The maximum absolute atomic E-state index is 12.7. The number of nitrogens with one attached hydrogen (secondary N) is 2. The van der Waals surface area contributed by atoms with Gasteiger partial charge in [0.05, 0.1) is 0 Å². The van der Waals surface area contributed by atoms with Crippen molar-refractivity contribution < 1.29 is 4.79 Å². The molecule has 142 valence electrons. The predicted octanol–water partition coefficient (Wildman–Crippen LogP) is 4.08. The molecule has 28 heavy (non-hydrogen) atoms. The van der Waals surface area contributed by atoms with Crippen molar-refractivity contribution in [3.63, 3.8) is 0 Å². The van der Waals surface area contributed by atoms with Crippen LogP contribution < -0.4 is 10.6 Å². The lowest BCUT2D eigenvalue weighted by Crippen LogP contribution is -2.26. The Balaban J connectivity index is 1.43. The molecule has 0 radical (unpaired) electrons. The summed E-state index contributed by atoms with van der Waals surface area (Å²) in [6.45, 7) is 0.615. The molecule has 0 atom stereocenters. The number of rotatable bonds is 8. The van der Waals surface area contributed by atoms with E-state index in [1.165, 1.54) is 5.56 Å². The lowest BCUT2D eigenvalue weighted by molar-refractivity contribution is 0.0948. The predicted molar refractivity (Wildman–Crippen MR) is 111 cm³/mol. The molecule has 0 unspecified atom stereocenters. The van der Waals surface area contributed by atoms with Gasteiger partial charge in [0.15, 0.2) is 5.82 Å². The van der Waals surface area contributed by atoms with Crippen LogP contribution in [0.2, 0.25) is 0 Å². The van der Waals surface area contributed by atoms with Crippen molar-refractivity contribution in [1.29, 1.82) is 0 Å². The van der Waals surface area contributed by atoms with Gasteiger partial charge in [-0.05, 0) is 31.2 Å². The van der Waals surface area contributed by atoms with Crippen LogP contribution >= 0.6 is 0 Å². The number of aromatic nitrogens is 2. The Morgan fingerprint density at radius 1 is 0.964 bits per heavy atom. The van der Waals surface area contributed by atoms with Gasteiger partial charge in [-0.2, -0.15) is 0 Å². The summed E-state index contributed by atoms with van der Waals surface area (Å²) in [6, 6.07) is 22.3. The molecule has 1 aromatic heterocycles. The molecule has 0 aliphatic heterocycles. The summed E-state index contributed by atoms with van der Waals surface area (Å²) >= 11 is 0. The molecule has 1 amide bonds. The molecule has 0 spiro atoms. The summed E-state index contributed by atoms with van der Waals surface area (Å²) in [5.41, 5.74) is 2.58. The van der Waals surface area contributed by atoms with Crippen LogP contribution in [0, 0.1) is 0 Å². The van der Waals surface area contributed by atoms with Crippen LogP contribution in [0.25, 0.3) is 11.4 Å². The lowest BCUT2D eigenvalue weighted by atomic mass is 10.1. The molecule has 2 N–H and O–H groups in total. The van der Waals surface area contributed by atoms with Gasteiger partial charge in [0.1, 0.15) is 11.5 Å². The van der Waals surface area contributed by atoms with E-state index >= 15 is 0 Å². The third-order valence-electron chi connectivity index (χ3n) is 4.69. The van der Waals surface area contributed by atoms with Crippen molar-refractivity contribution >= 4 is 11.7 Å². The van der Waals surface area contributed by atoms with E-state index in [2.05, 4.69) is 32.7 Å². The summed E-state index contributed by atoms with van der Waals surface area (Å²) < 4.78 is 0. The van der Waals surface area contributed by atoms with Crippen LogP contribution in [-0.4, -0.2) is 28.5 Å². The highest BCUT2D eigenvalue weighted by atomic mass is 16.1. The number of carbonyl (C=O) groups excluding carboxylic acids is 1. The van der Waals surface area contributed by atoms with E-state index in [1.54, 1.807) is 6.07 Å². The Labute approximate surface area is 165 Å². The van der Waals surface area contributed by atoms with E-state index in [1.807, 2.05) is 48.5 Å². The molecule has 1 aliphatic carbocycles. The third kappa shape index (κ3) is 4.94. The van der Waals surface area contributed by atoms with Crippen molar-refractivity contribution in [3.8, 4) is 11.4 Å². The zero-order valence-corrected chi connectivity index (χ0v) is 15.8. The normalized spacial score (nSPS) is 13.1. The van der Waals surface area contributed by atoms with Gasteiger partial charge in [0, 0.05) is 24.2 Å². The number of aryl methyl sites for hydroxylation is 1. The van der Waals surface area contributed by atoms with E-state index in [-0.39, 0.29) is 5.91 Å². The molecule has 1 saturated carbocycles. The highest BCUT2D eigenvalue weighted by Gasteiger charge is 2.22. The zero-order valence-electron chi connectivity index (χ0n) is 15.8. The van der Waals surface area contributed by atoms with Gasteiger partial charge < -0.3 is 10.6 Å². The highest BCUT2D eigenvalue weighted by molar-refractivity contribution is 5.93. The van der Waals surface area contributed by atoms with E-state index in [0.29, 0.717) is 29.9 Å². The first kappa shape index (κ1) is 18.2. The van der Waals surface area contributed by atoms with Gasteiger partial charge in [-0.1, -0.05) is 60.7 Å². The lowest BCUT2D eigenvalue weighted by Gasteiger charge is -2.10. The van der Waals surface area contributed by atoms with Gasteiger partial charge in [-0.3, -0.25) is 4.79 Å². The minimum absolute atomic E-state index is 0.161. The summed E-state index contributed by atoms with van der Waals surface area (Å²) in [5, 5.41) is 6.37. The summed E-state index contributed by atoms with van der Waals surface area (Å²) in [7, 11) is 0. The molecule has 4 rings (SSSR count). The topological polar surface area (TPSA) is 66.9 Å². The highest BCUT2D eigenvalue weighted by Crippen LogP contribution is 2.25. The molecule has 5 heteroatoms. The summed E-state index contributed by atoms with van der Waals surface area (Å²) in [4.78, 5) is 21.8. The SMILES string of the molecule is O=C(NCCCc1ccccc1)c1cc(NC2CC2)nc(-c2ccccc2)n1. The third-order valence-corrected chi connectivity index (χ3v) is 4.69. The van der Waals surface area contributed by atoms with Crippen molar-refractivity contribution in [2.24, 2.45) is 0 Å². The fourth-order valence-corrected chi connectivity index (χ4v) is 3.02. The minimum Gasteiger partial charge on any atom is -0.367 e. The molecular weight excluding hydrogens is 348 g/mol. The number of hydrogen-bond donors (Lipinski definition) is 2. The van der Waals surface area contributed by atoms with Crippen molar-refractivity contribution in [3.05, 3.63) is 78.0 Å². The number of anilines is 1. The van der Waals surface area contributed by atoms with Crippen LogP contribution in [0.1, 0.15) is 35.3 Å². The van der Waals surface area contributed by atoms with Crippen LogP contribution in [0.4, 0.5) is 5.82 Å². The minimum atomic E-state index is -0.161. The van der Waals surface area contributed by atoms with E-state index in [9.17, 15) is 4.79 Å². The largest absolute Gasteiger partial charge is 0.367 e. The summed E-state index contributed by atoms with van der Waals surface area (Å²) in [6.07, 6.45) is 4.12. The molecule has 0 saturated heterocycles. The van der Waals surface area contributed by atoms with Crippen molar-refractivity contribution in [1.82, 2.24) is 15.3 Å². The fraction of sp³-hybridized carbons (Fsp3) is 0.261. The van der Waals surface area contributed by atoms with E-state index < -0.39 is 0 Å². The fourth-order valence-electron chi connectivity index (χ4n) is 3.02. The molecule has 0 bridgehead atoms. The average molecular weight is 372 g/mol. The molecule has 5 nitrogen and oxygen atoms in total. The van der Waals surface area contributed by atoms with Gasteiger partial charge in [-0.25, -0.2) is 9.97 Å². The Hall–Kier alpha value is -3.21. The number of nitrogens with zero attached hydrogens (tertiary/aromatic N) is 2. The maximum Gasteiger partial charge on any atom is 0.270 e. The first-order valence-corrected chi connectivity index (χ1v) is 9.81. The molecule has 2 aromatic carbocycles. The quantitative estimate of drug-likeness (QED) is 0.585. The van der Waals surface area contributed by atoms with Gasteiger partial charge >= 0.3 is 0 Å². The monoisotopic (exact) mass is 372 g/mol. The Kier molecular flexibility index (Phi) is 5.61. The standard InChI is InChI=1S/C23H24N4O/c28-23(24-15-7-10-17-8-3-1-4-9-17)20-16-21(25-19-13-14-19)27-22(26-20)18-11-5-2-6-12-18/h1-6,8-9,11-12,16,19H,7,10,13-15H2,(H,24,28)(H,25,26,27). The number of amides is 1. The second kappa shape index (κ2) is 8.65. The Morgan fingerprint density at radius 2 is 1.68 bits per heavy atom. The molecule has 3 aromatic rings. The van der Waals surface area contributed by atoms with Crippen LogP contribution in [0.5, 0.6) is 0 Å². The van der Waals surface area contributed by atoms with E-state index in [4.69, 9.17) is 0 Å². The zero-order chi connectivity index (χ0) is 19.2. The first-order valence-electron chi connectivity index (χ1n) is 9.81. The molecule has 1 aliphatic rings. The first-order chi connectivity index (χ1) is 13.8. The van der Waals surface area contributed by atoms with Crippen LogP contribution in [-0.2, 0) is 6.42 Å². The van der Waals surface area contributed by atoms with E-state index in [0.717, 1.165) is 31.2 Å². The van der Waals surface area contributed by atoms with Crippen LogP contribution in [0.3, 0.4) is 0 Å². The second-order valence-electron chi connectivity index (χ2n) is 7.09.